The first kappa shape index (κ1) is 18.2. The smallest absolute Gasteiger partial charge is 0.224 e. The summed E-state index contributed by atoms with van der Waals surface area (Å²) in [5.41, 5.74) is 4.84. The van der Waals surface area contributed by atoms with Gasteiger partial charge in [0.1, 0.15) is 0 Å². The van der Waals surface area contributed by atoms with Crippen LogP contribution in [0.4, 0.5) is 0 Å². The summed E-state index contributed by atoms with van der Waals surface area (Å²) in [6, 6.07) is 7.31. The first-order valence-electron chi connectivity index (χ1n) is 8.00. The monoisotopic (exact) mass is 338 g/mol. The Morgan fingerprint density at radius 3 is 2.39 bits per heavy atom. The van der Waals surface area contributed by atoms with E-state index in [9.17, 15) is 9.90 Å². The van der Waals surface area contributed by atoms with E-state index in [4.69, 9.17) is 17.3 Å². The molecule has 1 aromatic rings. The van der Waals surface area contributed by atoms with Crippen molar-refractivity contribution in [2.24, 2.45) is 11.1 Å². The first-order chi connectivity index (χ1) is 10.4. The lowest BCUT2D eigenvalue weighted by Crippen LogP contribution is -2.57. The third-order valence-electron chi connectivity index (χ3n) is 4.73. The summed E-state index contributed by atoms with van der Waals surface area (Å²) in [5, 5.41) is 11.9. The van der Waals surface area contributed by atoms with Crippen LogP contribution in [0.1, 0.15) is 46.1 Å². The van der Waals surface area contributed by atoms with Gasteiger partial charge in [-0.05, 0) is 38.0 Å². The summed E-state index contributed by atoms with van der Waals surface area (Å²) in [7, 11) is 0. The molecular formula is C18H27ClN2O2. The molecule has 0 aliphatic carbocycles. The van der Waals surface area contributed by atoms with Crippen LogP contribution in [0.15, 0.2) is 24.3 Å². The maximum atomic E-state index is 12.4. The number of likely N-dealkylation sites (tertiary alicyclic amines) is 1. The molecule has 1 saturated heterocycles. The van der Waals surface area contributed by atoms with Crippen molar-refractivity contribution in [2.45, 2.75) is 51.7 Å². The minimum atomic E-state index is -0.980. The van der Waals surface area contributed by atoms with E-state index in [-0.39, 0.29) is 5.91 Å². The van der Waals surface area contributed by atoms with Crippen LogP contribution >= 0.6 is 11.6 Å². The molecule has 0 radical (unpaired) electrons. The van der Waals surface area contributed by atoms with Crippen molar-refractivity contribution in [1.29, 1.82) is 0 Å². The second kappa shape index (κ2) is 6.08. The van der Waals surface area contributed by atoms with E-state index in [0.717, 1.165) is 5.56 Å². The Kier molecular flexibility index (Phi) is 4.82. The summed E-state index contributed by atoms with van der Waals surface area (Å²) < 4.78 is 0. The number of aliphatic hydroxyl groups is 1. The molecular weight excluding hydrogens is 312 g/mol. The number of amides is 1. The maximum absolute atomic E-state index is 12.4. The molecule has 1 atom stereocenters. The second-order valence-electron chi connectivity index (χ2n) is 7.98. The Bertz CT molecular complexity index is 578. The van der Waals surface area contributed by atoms with E-state index in [1.165, 1.54) is 0 Å². The summed E-state index contributed by atoms with van der Waals surface area (Å²) in [6.07, 6.45) is 0.806. The summed E-state index contributed by atoms with van der Waals surface area (Å²) in [6.45, 7) is 8.72. The van der Waals surface area contributed by atoms with Crippen molar-refractivity contribution in [1.82, 2.24) is 4.90 Å². The van der Waals surface area contributed by atoms with Gasteiger partial charge in [-0.2, -0.15) is 0 Å². The van der Waals surface area contributed by atoms with Crippen molar-refractivity contribution in [3.8, 4) is 0 Å². The molecule has 0 aromatic heterocycles. The van der Waals surface area contributed by atoms with Gasteiger partial charge in [0.25, 0.3) is 0 Å². The van der Waals surface area contributed by atoms with E-state index < -0.39 is 16.6 Å². The predicted octanol–water partition coefficient (Wildman–Crippen LogP) is 2.91. The molecule has 128 valence electrons. The third-order valence-corrected chi connectivity index (χ3v) is 4.98. The fourth-order valence-corrected chi connectivity index (χ4v) is 3.42. The first-order valence-corrected chi connectivity index (χ1v) is 8.37. The van der Waals surface area contributed by atoms with Gasteiger partial charge in [-0.15, -0.1) is 0 Å². The van der Waals surface area contributed by atoms with E-state index in [1.54, 1.807) is 12.1 Å². The highest BCUT2D eigenvalue weighted by atomic mass is 35.5. The molecule has 0 unspecified atom stereocenters. The Balaban J connectivity index is 2.20. The average molecular weight is 339 g/mol. The number of benzene rings is 1. The molecule has 1 heterocycles. The highest BCUT2D eigenvalue weighted by molar-refractivity contribution is 6.30. The number of nitrogens with zero attached hydrogens (tertiary/aromatic N) is 1. The van der Waals surface area contributed by atoms with Gasteiger partial charge < -0.3 is 15.7 Å². The summed E-state index contributed by atoms with van der Waals surface area (Å²) in [4.78, 5) is 14.3. The van der Waals surface area contributed by atoms with E-state index in [2.05, 4.69) is 0 Å². The predicted molar refractivity (Wildman–Crippen MR) is 93.2 cm³/mol. The molecule has 1 aromatic carbocycles. The molecule has 23 heavy (non-hydrogen) atoms. The fraction of sp³-hybridized carbons (Fsp3) is 0.611. The molecule has 1 amide bonds. The van der Waals surface area contributed by atoms with Crippen LogP contribution in [0.25, 0.3) is 0 Å². The van der Waals surface area contributed by atoms with Gasteiger partial charge in [0.2, 0.25) is 5.91 Å². The maximum Gasteiger partial charge on any atom is 0.224 e. The number of carbonyl (C=O) groups excluding carboxylic acids is 1. The van der Waals surface area contributed by atoms with Gasteiger partial charge in [-0.1, -0.05) is 37.6 Å². The van der Waals surface area contributed by atoms with Gasteiger partial charge >= 0.3 is 0 Å². The van der Waals surface area contributed by atoms with Crippen LogP contribution in [0.3, 0.4) is 0 Å². The highest BCUT2D eigenvalue weighted by Crippen LogP contribution is 2.46. The largest absolute Gasteiger partial charge is 0.384 e. The Hall–Kier alpha value is -1.10. The van der Waals surface area contributed by atoms with Crippen LogP contribution < -0.4 is 5.73 Å². The fourth-order valence-electron chi connectivity index (χ4n) is 3.30. The molecule has 4 nitrogen and oxygen atoms in total. The Labute approximate surface area is 143 Å². The van der Waals surface area contributed by atoms with Gasteiger partial charge in [0.05, 0.1) is 5.60 Å². The lowest BCUT2D eigenvalue weighted by molar-refractivity contribution is -0.153. The molecule has 1 aliphatic heterocycles. The van der Waals surface area contributed by atoms with Crippen LogP contribution in [0, 0.1) is 5.41 Å². The SMILES string of the molecule is CC(C)(N)CC(=O)N1CC[C@](O)(c2ccc(Cl)cc2)C(C)(C)C1. The Morgan fingerprint density at radius 1 is 1.35 bits per heavy atom. The zero-order valence-corrected chi connectivity index (χ0v) is 15.2. The third kappa shape index (κ3) is 3.87. The average Bonchev–Trinajstić information content (AvgIpc) is 2.40. The van der Waals surface area contributed by atoms with Crippen LogP contribution in [-0.4, -0.2) is 34.5 Å². The zero-order chi connectivity index (χ0) is 17.5. The number of carbonyl (C=O) groups is 1. The Morgan fingerprint density at radius 2 is 1.91 bits per heavy atom. The minimum absolute atomic E-state index is 0.0451. The van der Waals surface area contributed by atoms with E-state index in [1.807, 2.05) is 44.7 Å². The quantitative estimate of drug-likeness (QED) is 0.890. The molecule has 1 aliphatic rings. The van der Waals surface area contributed by atoms with E-state index >= 15 is 0 Å². The van der Waals surface area contributed by atoms with Crippen molar-refractivity contribution < 1.29 is 9.90 Å². The van der Waals surface area contributed by atoms with Crippen molar-refractivity contribution >= 4 is 17.5 Å². The van der Waals surface area contributed by atoms with Crippen LogP contribution in [-0.2, 0) is 10.4 Å². The lowest BCUT2D eigenvalue weighted by Gasteiger charge is -2.51. The molecule has 2 rings (SSSR count). The molecule has 3 N–H and O–H groups in total. The summed E-state index contributed by atoms with van der Waals surface area (Å²) in [5.74, 6) is 0.0451. The highest BCUT2D eigenvalue weighted by Gasteiger charge is 2.49. The summed E-state index contributed by atoms with van der Waals surface area (Å²) >= 11 is 5.95. The van der Waals surface area contributed by atoms with Crippen molar-refractivity contribution in [3.63, 3.8) is 0 Å². The van der Waals surface area contributed by atoms with Gasteiger partial charge in [-0.3, -0.25) is 4.79 Å². The molecule has 0 bridgehead atoms. The van der Waals surface area contributed by atoms with E-state index in [0.29, 0.717) is 31.0 Å². The molecule has 0 spiro atoms. The molecule has 1 fully saturated rings. The lowest BCUT2D eigenvalue weighted by atomic mass is 9.66. The number of hydrogen-bond donors (Lipinski definition) is 2. The number of halogens is 1. The number of nitrogens with two attached hydrogens (primary N) is 1. The normalized spacial score (nSPS) is 24.6. The van der Waals surface area contributed by atoms with Crippen molar-refractivity contribution in [3.05, 3.63) is 34.9 Å². The molecule has 5 heteroatoms. The second-order valence-corrected chi connectivity index (χ2v) is 8.42. The number of hydrogen-bond acceptors (Lipinski definition) is 3. The van der Waals surface area contributed by atoms with Crippen LogP contribution in [0.2, 0.25) is 5.02 Å². The molecule has 0 saturated carbocycles. The standard InChI is InChI=1S/C18H27ClN2O2/c1-16(2)12-21(15(22)11-17(3,4)20)10-9-18(16,23)13-5-7-14(19)8-6-13/h5-8,23H,9-12,20H2,1-4H3/t18-/m0/s1. The number of rotatable bonds is 3. The van der Waals surface area contributed by atoms with Gasteiger partial charge in [0, 0.05) is 35.5 Å². The minimum Gasteiger partial charge on any atom is -0.384 e. The van der Waals surface area contributed by atoms with Gasteiger partial charge in [0.15, 0.2) is 0 Å². The number of piperidine rings is 1. The van der Waals surface area contributed by atoms with Crippen molar-refractivity contribution in [2.75, 3.05) is 13.1 Å². The van der Waals surface area contributed by atoms with Crippen LogP contribution in [0.5, 0.6) is 0 Å². The topological polar surface area (TPSA) is 66.6 Å². The van der Waals surface area contributed by atoms with Gasteiger partial charge in [-0.25, -0.2) is 0 Å². The zero-order valence-electron chi connectivity index (χ0n) is 14.4.